The summed E-state index contributed by atoms with van der Waals surface area (Å²) in [5, 5.41) is 0.787. The highest BCUT2D eigenvalue weighted by molar-refractivity contribution is 5.93. The first kappa shape index (κ1) is 18.2. The van der Waals surface area contributed by atoms with Crippen LogP contribution in [-0.2, 0) is 13.6 Å². The van der Waals surface area contributed by atoms with Crippen LogP contribution in [0.25, 0.3) is 33.5 Å². The van der Waals surface area contributed by atoms with Gasteiger partial charge in [-0.05, 0) is 43.2 Å². The molecule has 0 saturated carbocycles. The van der Waals surface area contributed by atoms with Gasteiger partial charge >= 0.3 is 0 Å². The summed E-state index contributed by atoms with van der Waals surface area (Å²) in [6.45, 7) is 4.18. The van der Waals surface area contributed by atoms with Crippen LogP contribution in [0, 0.1) is 19.7 Å². The Morgan fingerprint density at radius 3 is 2.80 bits per heavy atom. The van der Waals surface area contributed by atoms with Crippen molar-refractivity contribution in [2.45, 2.75) is 20.4 Å². The summed E-state index contributed by atoms with van der Waals surface area (Å²) in [6, 6.07) is 6.83. The van der Waals surface area contributed by atoms with Crippen molar-refractivity contribution in [3.8, 4) is 11.3 Å². The minimum Gasteiger partial charge on any atom is -0.357 e. The number of aryl methyl sites for hydroxylation is 3. The van der Waals surface area contributed by atoms with E-state index in [0.29, 0.717) is 29.0 Å². The molecule has 4 aromatic heterocycles. The maximum absolute atomic E-state index is 13.9. The Labute approximate surface area is 170 Å². The first-order chi connectivity index (χ1) is 14.4. The zero-order valence-electron chi connectivity index (χ0n) is 16.8. The van der Waals surface area contributed by atoms with Crippen molar-refractivity contribution in [3.05, 3.63) is 76.0 Å². The van der Waals surface area contributed by atoms with E-state index < -0.39 is 0 Å². The number of aromatic amines is 1. The lowest BCUT2D eigenvalue weighted by Gasteiger charge is -2.09. The summed E-state index contributed by atoms with van der Waals surface area (Å²) in [7, 11) is 1.71. The van der Waals surface area contributed by atoms with Crippen LogP contribution in [-0.4, -0.2) is 29.1 Å². The highest BCUT2D eigenvalue weighted by Gasteiger charge is 2.16. The minimum absolute atomic E-state index is 0.102. The van der Waals surface area contributed by atoms with Crippen LogP contribution in [0.3, 0.4) is 0 Å². The molecule has 0 saturated heterocycles. The number of benzene rings is 1. The number of hydrogen-bond donors (Lipinski definition) is 1. The van der Waals surface area contributed by atoms with Crippen molar-refractivity contribution in [3.63, 3.8) is 0 Å². The van der Waals surface area contributed by atoms with Crippen LogP contribution in [0.1, 0.15) is 17.0 Å². The van der Waals surface area contributed by atoms with Gasteiger partial charge in [0, 0.05) is 30.4 Å². The molecule has 0 fully saturated rings. The molecule has 5 rings (SSSR count). The van der Waals surface area contributed by atoms with E-state index in [0.717, 1.165) is 27.9 Å². The van der Waals surface area contributed by atoms with Gasteiger partial charge in [-0.25, -0.2) is 19.3 Å². The van der Waals surface area contributed by atoms with E-state index in [4.69, 9.17) is 4.98 Å². The monoisotopic (exact) mass is 402 g/mol. The number of H-pyrrole nitrogens is 1. The fourth-order valence-corrected chi connectivity index (χ4v) is 3.88. The number of nitrogens with zero attached hydrogens (tertiary/aromatic N) is 5. The molecule has 0 aliphatic heterocycles. The van der Waals surface area contributed by atoms with E-state index in [9.17, 15) is 9.18 Å². The molecule has 1 aromatic carbocycles. The van der Waals surface area contributed by atoms with Gasteiger partial charge in [-0.2, -0.15) is 0 Å². The zero-order valence-corrected chi connectivity index (χ0v) is 16.8. The maximum Gasteiger partial charge on any atom is 0.274 e. The smallest absolute Gasteiger partial charge is 0.274 e. The third-order valence-corrected chi connectivity index (χ3v) is 5.26. The highest BCUT2D eigenvalue weighted by atomic mass is 19.1. The van der Waals surface area contributed by atoms with Crippen molar-refractivity contribution < 1.29 is 4.39 Å². The predicted octanol–water partition coefficient (Wildman–Crippen LogP) is 3.48. The van der Waals surface area contributed by atoms with Gasteiger partial charge in [-0.3, -0.25) is 4.79 Å². The van der Waals surface area contributed by atoms with Crippen molar-refractivity contribution in [1.82, 2.24) is 29.1 Å². The zero-order chi connectivity index (χ0) is 21.0. The molecule has 0 bridgehead atoms. The van der Waals surface area contributed by atoms with Crippen LogP contribution in [0.2, 0.25) is 0 Å². The minimum atomic E-state index is -0.265. The molecule has 8 heteroatoms. The molecule has 0 aliphatic carbocycles. The first-order valence-corrected chi connectivity index (χ1v) is 9.54. The SMILES string of the molecule is Cc1cc(F)cc(Cn2c(C)nc3ncc(-c4cn(C)c(=O)c5[nH]ccc45)nc32)c1. The molecule has 150 valence electrons. The molecule has 30 heavy (non-hydrogen) atoms. The Morgan fingerprint density at radius 1 is 1.17 bits per heavy atom. The van der Waals surface area contributed by atoms with Crippen molar-refractivity contribution in [2.75, 3.05) is 0 Å². The fraction of sp³-hybridized carbons (Fsp3) is 0.182. The number of nitrogens with one attached hydrogen (secondary N) is 1. The van der Waals surface area contributed by atoms with Gasteiger partial charge in [0.1, 0.15) is 17.2 Å². The number of hydrogen-bond acceptors (Lipinski definition) is 4. The second kappa shape index (κ2) is 6.62. The lowest BCUT2D eigenvalue weighted by molar-refractivity contribution is 0.622. The van der Waals surface area contributed by atoms with Crippen molar-refractivity contribution >= 4 is 22.2 Å². The Morgan fingerprint density at radius 2 is 2.00 bits per heavy atom. The second-order valence-electron chi connectivity index (χ2n) is 7.51. The number of aromatic nitrogens is 6. The molecule has 0 atom stereocenters. The van der Waals surface area contributed by atoms with E-state index in [1.54, 1.807) is 25.6 Å². The Hall–Kier alpha value is -3.81. The summed E-state index contributed by atoms with van der Waals surface area (Å²) < 4.78 is 17.3. The van der Waals surface area contributed by atoms with E-state index in [1.807, 2.05) is 30.5 Å². The van der Waals surface area contributed by atoms with Crippen molar-refractivity contribution in [2.24, 2.45) is 7.05 Å². The number of rotatable bonds is 3. The molecule has 0 aliphatic rings. The third-order valence-electron chi connectivity index (χ3n) is 5.26. The molecule has 1 N–H and O–H groups in total. The Balaban J connectivity index is 1.68. The van der Waals surface area contributed by atoms with Gasteiger partial charge in [0.2, 0.25) is 0 Å². The van der Waals surface area contributed by atoms with E-state index >= 15 is 0 Å². The lowest BCUT2D eigenvalue weighted by Crippen LogP contribution is -2.16. The summed E-state index contributed by atoms with van der Waals surface area (Å²) >= 11 is 0. The van der Waals surface area contributed by atoms with Gasteiger partial charge in [-0.1, -0.05) is 6.07 Å². The average Bonchev–Trinajstić information content (AvgIpc) is 3.29. The molecule has 5 aromatic rings. The van der Waals surface area contributed by atoms with Crippen molar-refractivity contribution in [1.29, 1.82) is 0 Å². The van der Waals surface area contributed by atoms with Gasteiger partial charge in [0.15, 0.2) is 11.3 Å². The fourth-order valence-electron chi connectivity index (χ4n) is 3.88. The van der Waals surface area contributed by atoms with E-state index in [2.05, 4.69) is 15.0 Å². The Kier molecular flexibility index (Phi) is 4.02. The maximum atomic E-state index is 13.9. The molecule has 0 spiro atoms. The first-order valence-electron chi connectivity index (χ1n) is 9.54. The lowest BCUT2D eigenvalue weighted by atomic mass is 10.1. The molecule has 0 amide bonds. The van der Waals surface area contributed by atoms with Gasteiger partial charge in [-0.15, -0.1) is 0 Å². The largest absolute Gasteiger partial charge is 0.357 e. The number of imidazole rings is 1. The van der Waals surface area contributed by atoms with Crippen LogP contribution in [0.5, 0.6) is 0 Å². The number of pyridine rings is 1. The van der Waals surface area contributed by atoms with Crippen LogP contribution in [0.4, 0.5) is 4.39 Å². The predicted molar refractivity (Wildman–Crippen MR) is 113 cm³/mol. The third kappa shape index (κ3) is 2.88. The van der Waals surface area contributed by atoms with Crippen LogP contribution in [0.15, 0.2) is 47.7 Å². The topological polar surface area (TPSA) is 81.4 Å². The standard InChI is InChI=1S/C22H19FN6O/c1-12-6-14(8-15(23)7-12)10-29-13(2)26-20-21(29)27-18(9-25-20)17-11-28(3)22(30)19-16(17)4-5-24-19/h4-9,11,24H,10H2,1-3H3. The van der Waals surface area contributed by atoms with Gasteiger partial charge < -0.3 is 14.1 Å². The second-order valence-corrected chi connectivity index (χ2v) is 7.51. The molecule has 7 nitrogen and oxygen atoms in total. The van der Waals surface area contributed by atoms with Crippen LogP contribution < -0.4 is 5.56 Å². The number of halogens is 1. The quantitative estimate of drug-likeness (QED) is 0.501. The summed E-state index contributed by atoms with van der Waals surface area (Å²) in [6.07, 6.45) is 5.16. The summed E-state index contributed by atoms with van der Waals surface area (Å²) in [4.78, 5) is 29.2. The normalized spacial score (nSPS) is 11.6. The van der Waals surface area contributed by atoms with Gasteiger partial charge in [0.05, 0.1) is 18.4 Å². The molecule has 0 unspecified atom stereocenters. The molecule has 0 radical (unpaired) electrons. The summed E-state index contributed by atoms with van der Waals surface area (Å²) in [5.41, 5.74) is 4.70. The van der Waals surface area contributed by atoms with E-state index in [-0.39, 0.29) is 11.4 Å². The van der Waals surface area contributed by atoms with E-state index in [1.165, 1.54) is 16.7 Å². The highest BCUT2D eigenvalue weighted by Crippen LogP contribution is 2.26. The Bertz CT molecular complexity index is 1470. The van der Waals surface area contributed by atoms with Crippen LogP contribution >= 0.6 is 0 Å². The average molecular weight is 402 g/mol. The number of fused-ring (bicyclic) bond motifs is 2. The van der Waals surface area contributed by atoms with Gasteiger partial charge in [0.25, 0.3) is 5.56 Å². The molecular weight excluding hydrogens is 383 g/mol. The summed E-state index contributed by atoms with van der Waals surface area (Å²) in [5.74, 6) is 0.482. The molecule has 4 heterocycles. The molecular formula is C22H19FN6O.